The van der Waals surface area contributed by atoms with E-state index in [4.69, 9.17) is 72.2 Å². The first-order valence-corrected chi connectivity index (χ1v) is 28.9. The minimum Gasteiger partial charge on any atom is -0.854 e. The molecular weight excluding hydrogens is 727 g/mol. The molecule has 0 aromatic carbocycles. The third kappa shape index (κ3) is 34.0. The van der Waals surface area contributed by atoms with Gasteiger partial charge in [0, 0.05) is 0 Å². The average molecular weight is 769 g/mol. The van der Waals surface area contributed by atoms with Crippen molar-refractivity contribution in [1.29, 1.82) is 0 Å². The molecule has 0 radical (unpaired) electrons. The molecule has 3 atom stereocenters. The zero-order valence-corrected chi connectivity index (χ0v) is 36.0. The van der Waals surface area contributed by atoms with Crippen molar-refractivity contribution in [3.8, 4) is 0 Å². The van der Waals surface area contributed by atoms with E-state index in [-0.39, 0.29) is 83.6 Å². The van der Waals surface area contributed by atoms with Crippen LogP contribution in [0.4, 0.5) is 0 Å². The van der Waals surface area contributed by atoms with Crippen LogP contribution in [0.3, 0.4) is 0 Å². The predicted molar refractivity (Wildman–Crippen MR) is 195 cm³/mol. The maximum absolute atomic E-state index is 11.3. The Labute approximate surface area is 295 Å². The van der Waals surface area contributed by atoms with E-state index in [0.717, 1.165) is 73.0 Å². The van der Waals surface area contributed by atoms with Crippen molar-refractivity contribution in [3.63, 3.8) is 0 Å². The Bertz CT molecular complexity index is 512. The molecule has 0 saturated carbocycles. The largest absolute Gasteiger partial charge is 3.00 e. The Balaban J connectivity index is -0.0000000900. The normalized spacial score (nSPS) is 16.2. The summed E-state index contributed by atoms with van der Waals surface area (Å²) in [4.78, 5) is 34.0. The topological polar surface area (TPSA) is 69.2 Å². The Kier molecular flexibility index (Phi) is 47.9. The molecule has 0 heterocycles. The van der Waals surface area contributed by atoms with E-state index in [2.05, 4.69) is 41.5 Å². The molecule has 210 valence electrons. The van der Waals surface area contributed by atoms with Gasteiger partial charge in [-0.2, -0.15) is 35.4 Å². The second kappa shape index (κ2) is 31.9. The molecule has 3 unspecified atom stereocenters. The van der Waals surface area contributed by atoms with E-state index in [0.29, 0.717) is 0 Å². The molecule has 0 fully saturated rings. The van der Waals surface area contributed by atoms with Gasteiger partial charge in [-0.1, -0.05) is 80.1 Å². The van der Waals surface area contributed by atoms with Gasteiger partial charge in [0.1, 0.15) is 0 Å². The van der Waals surface area contributed by atoms with Gasteiger partial charge in [-0.15, -0.1) is 34.5 Å². The zero-order valence-electron chi connectivity index (χ0n) is 22.5. The van der Waals surface area contributed by atoms with Crippen molar-refractivity contribution in [2.75, 3.05) is 34.5 Å². The van der Waals surface area contributed by atoms with E-state index in [1.807, 2.05) is 0 Å². The van der Waals surface area contributed by atoms with Gasteiger partial charge in [-0.25, -0.2) is 0 Å². The molecule has 0 saturated heterocycles. The van der Waals surface area contributed by atoms with Crippen LogP contribution < -0.4 is 14.7 Å². The van der Waals surface area contributed by atoms with Crippen LogP contribution in [-0.2, 0) is 104 Å². The first-order valence-electron chi connectivity index (χ1n) is 11.2. The summed E-state index contributed by atoms with van der Waals surface area (Å²) in [5.41, 5.74) is 0. The van der Waals surface area contributed by atoms with Gasteiger partial charge in [0.2, 0.25) is 0 Å². The van der Waals surface area contributed by atoms with Gasteiger partial charge in [0.25, 0.3) is 0 Å². The van der Waals surface area contributed by atoms with Crippen LogP contribution in [-0.4, -0.2) is 86.6 Å². The van der Waals surface area contributed by atoms with Crippen LogP contribution in [0.15, 0.2) is 0 Å². The molecule has 0 aromatic rings. The third-order valence-corrected chi connectivity index (χ3v) is 31.1. The maximum atomic E-state index is 11.3. The van der Waals surface area contributed by atoms with E-state index in [1.54, 1.807) is 0 Å². The quantitative estimate of drug-likeness (QED) is 0.142. The van der Waals surface area contributed by atoms with Crippen LogP contribution in [0.2, 0.25) is 0 Å². The summed E-state index contributed by atoms with van der Waals surface area (Å²) < 4.78 is -7.84. The molecule has 3 nitrogen and oxygen atoms in total. The molecule has 0 spiro atoms. The fourth-order valence-electron chi connectivity index (χ4n) is 2.39. The molecule has 0 aliphatic carbocycles. The van der Waals surface area contributed by atoms with Gasteiger partial charge < -0.3 is 97.0 Å². The number of hydrogen-bond acceptors (Lipinski definition) is 12. The molecule has 0 N–H and O–H groups in total. The van der Waals surface area contributed by atoms with Crippen molar-refractivity contribution in [3.05, 3.63) is 0 Å². The molecule has 0 aliphatic rings. The van der Waals surface area contributed by atoms with Crippen LogP contribution >= 0.6 is 14.0 Å². The average Bonchev–Trinajstić information content (AvgIpc) is 2.66. The summed E-state index contributed by atoms with van der Waals surface area (Å²) in [6.45, 7) is 12.5. The molecular formula is C18H42Al3O3P3S9. The zero-order chi connectivity index (χ0) is 26.7. The molecule has 36 heavy (non-hydrogen) atoms. The van der Waals surface area contributed by atoms with Crippen LogP contribution in [0.5, 0.6) is 0 Å². The van der Waals surface area contributed by atoms with Gasteiger partial charge in [0.05, 0.1) is 0 Å². The van der Waals surface area contributed by atoms with E-state index < -0.39 is 14.0 Å². The summed E-state index contributed by atoms with van der Waals surface area (Å²) in [5, 5.41) is 0. The summed E-state index contributed by atoms with van der Waals surface area (Å²) in [7, 11) is -0.470. The SMILES string of the molecule is CCC[S-](CCC)P([O-])(=S)[S-].CCC[S-](CCC)P([O-])(=S)[S-].CCC[S-](CCC)P([O-])(=S)[S-].[Al+3].[Al+3].[Al+3]. The van der Waals surface area contributed by atoms with Crippen LogP contribution in [0.1, 0.15) is 80.1 Å². The molecule has 0 rings (SSSR count). The fourth-order valence-corrected chi connectivity index (χ4v) is 22.5. The van der Waals surface area contributed by atoms with E-state index in [9.17, 15) is 14.7 Å². The van der Waals surface area contributed by atoms with Gasteiger partial charge in [-0.3, -0.25) is 0 Å². The van der Waals surface area contributed by atoms with Gasteiger partial charge in [-0.05, 0) is 0 Å². The summed E-state index contributed by atoms with van der Waals surface area (Å²) in [6.07, 6.45) is 6.25. The monoisotopic (exact) mass is 768 g/mol. The fraction of sp³-hybridized carbons (Fsp3) is 1.00. The second-order valence-corrected chi connectivity index (χ2v) is 39.6. The third-order valence-electron chi connectivity index (χ3n) is 3.59. The van der Waals surface area contributed by atoms with E-state index in [1.165, 1.54) is 0 Å². The van der Waals surface area contributed by atoms with Crippen molar-refractivity contribution in [1.82, 2.24) is 0 Å². The standard InChI is InChI=1S/3C6H16OPS3.3Al/c3*1-3-5-11(6-4-2)8(7,9)10;;;/h3*3-6H2,1-2H3,(H2,7,9,10);;;/q3*-1;3*+3/p-6. The predicted octanol–water partition coefficient (Wildman–Crippen LogP) is 3.53. The summed E-state index contributed by atoms with van der Waals surface area (Å²) >= 11 is 28.9. The van der Waals surface area contributed by atoms with Crippen LogP contribution in [0.25, 0.3) is 0 Å². The van der Waals surface area contributed by atoms with E-state index >= 15 is 0 Å². The smallest absolute Gasteiger partial charge is 0.854 e. The summed E-state index contributed by atoms with van der Waals surface area (Å²) in [6, 6.07) is 0. The van der Waals surface area contributed by atoms with Gasteiger partial charge in [0.15, 0.2) is 0 Å². The molecule has 0 amide bonds. The summed E-state index contributed by atoms with van der Waals surface area (Å²) in [5.74, 6) is 5.74. The van der Waals surface area contributed by atoms with Crippen molar-refractivity contribution in [2.45, 2.75) is 80.1 Å². The Morgan fingerprint density at radius 2 is 0.556 bits per heavy atom. The van der Waals surface area contributed by atoms with Crippen molar-refractivity contribution >= 4 is 170 Å². The minimum absolute atomic E-state index is 0. The number of rotatable bonds is 15. The minimum atomic E-state index is -2.61. The first-order chi connectivity index (χ1) is 15.1. The van der Waals surface area contributed by atoms with Crippen molar-refractivity contribution in [2.24, 2.45) is 0 Å². The Morgan fingerprint density at radius 1 is 0.444 bits per heavy atom. The molecule has 0 aliphatic heterocycles. The van der Waals surface area contributed by atoms with Crippen LogP contribution in [0, 0.1) is 0 Å². The second-order valence-electron chi connectivity index (χ2n) is 6.95. The molecule has 0 aromatic heterocycles. The Morgan fingerprint density at radius 3 is 0.611 bits per heavy atom. The van der Waals surface area contributed by atoms with Crippen molar-refractivity contribution < 1.29 is 14.7 Å². The molecule has 0 bridgehead atoms. The molecule has 18 heteroatoms. The maximum Gasteiger partial charge on any atom is 3.00 e. The van der Waals surface area contributed by atoms with Gasteiger partial charge >= 0.3 is 52.1 Å². The number of hydrogen-bond donors (Lipinski definition) is 0. The first kappa shape index (κ1) is 54.0. The Hall–Kier alpha value is 5.53.